The predicted octanol–water partition coefficient (Wildman–Crippen LogP) is -10.5. The van der Waals surface area contributed by atoms with Crippen LogP contribution < -0.4 is 63.4 Å². The Balaban J connectivity index is -0.000000217. The molecule has 0 aliphatic heterocycles. The Hall–Kier alpha value is 0.590. The van der Waals surface area contributed by atoms with Gasteiger partial charge in [0.05, 0.1) is 25.5 Å². The molecule has 17 heteroatoms. The van der Waals surface area contributed by atoms with Crippen LogP contribution in [0.5, 0.6) is 0 Å². The number of hydrogen-bond donors (Lipinski definition) is 1. The van der Waals surface area contributed by atoms with Gasteiger partial charge >= 0.3 is 41.5 Å². The number of carbonyl (C=O) groups is 4. The van der Waals surface area contributed by atoms with Gasteiger partial charge in [0.1, 0.15) is 59.4 Å². The summed E-state index contributed by atoms with van der Waals surface area (Å²) in [6.45, 7) is 4.32. The maximum atomic E-state index is 11.0. The van der Waals surface area contributed by atoms with Crippen LogP contribution in [0.15, 0.2) is 0 Å². The second-order valence-electron chi connectivity index (χ2n) is 5.37. The molecule has 0 saturated carbocycles. The minimum Gasteiger partial charge on any atom is -0.463 e. The fraction of sp³-hybridized carbons (Fsp3) is 0.765. The Morgan fingerprint density at radius 2 is 1.26 bits per heavy atom. The number of rotatable bonds is 17. The monoisotopic (exact) mass is 656 g/mol. The summed E-state index contributed by atoms with van der Waals surface area (Å²) in [5, 5.41) is 8.36. The number of aldehydes is 1. The van der Waals surface area contributed by atoms with Crippen LogP contribution in [0.25, 0.3) is 0 Å². The molecule has 0 radical (unpaired) electrons. The van der Waals surface area contributed by atoms with Crippen molar-refractivity contribution in [2.24, 2.45) is 0 Å². The summed E-state index contributed by atoms with van der Waals surface area (Å²) in [5.41, 5.74) is 0. The van der Waals surface area contributed by atoms with Crippen LogP contribution in [-0.4, -0.2) is 100 Å². The summed E-state index contributed by atoms with van der Waals surface area (Å²) in [4.78, 5) is 42.3. The fourth-order valence-corrected chi connectivity index (χ4v) is 2.46. The van der Waals surface area contributed by atoms with Crippen molar-refractivity contribution in [1.82, 2.24) is 0 Å². The second kappa shape index (κ2) is 31.6. The van der Waals surface area contributed by atoms with Crippen LogP contribution in [0, 0.1) is 0 Å². The molecule has 0 bridgehead atoms. The number of ether oxygens (including phenoxy) is 4. The van der Waals surface area contributed by atoms with Gasteiger partial charge < -0.3 is 28.8 Å². The first-order valence-corrected chi connectivity index (χ1v) is 15.9. The zero-order valence-corrected chi connectivity index (χ0v) is 25.7. The number of carbonyl (C=O) groups excluding carboxylic acids is 4. The number of halogens is 1. The van der Waals surface area contributed by atoms with Crippen molar-refractivity contribution in [1.29, 1.82) is 0 Å². The van der Waals surface area contributed by atoms with Crippen molar-refractivity contribution < 1.29 is 107 Å². The molecular weight excluding hydrogens is 624 g/mol. The third-order valence-corrected chi connectivity index (χ3v) is 4.72. The van der Waals surface area contributed by atoms with Gasteiger partial charge in [-0.25, -0.2) is 0 Å². The van der Waals surface area contributed by atoms with E-state index < -0.39 is 26.7 Å². The molecule has 0 aliphatic carbocycles. The van der Waals surface area contributed by atoms with Crippen molar-refractivity contribution >= 4 is 41.2 Å². The smallest absolute Gasteiger partial charge is 0.463 e. The van der Waals surface area contributed by atoms with E-state index in [0.29, 0.717) is 42.4 Å². The van der Waals surface area contributed by atoms with Crippen molar-refractivity contribution in [2.75, 3.05) is 70.9 Å². The molecule has 0 aliphatic rings. The van der Waals surface area contributed by atoms with Gasteiger partial charge in [-0.3, -0.25) is 28.1 Å². The molecule has 2 atom stereocenters. The molecule has 196 valence electrons. The van der Waals surface area contributed by atoms with Gasteiger partial charge in [0.2, 0.25) is 0 Å². The van der Waals surface area contributed by atoms with E-state index in [9.17, 15) is 19.2 Å². The first-order valence-electron chi connectivity index (χ1n) is 9.57. The first-order chi connectivity index (χ1) is 15.5. The third kappa shape index (κ3) is 49.7. The van der Waals surface area contributed by atoms with Crippen molar-refractivity contribution in [2.45, 2.75) is 13.8 Å². The standard InChI is InChI=1S/C9H17O5P.C8H15O4P.IO4.Na/c1-2-15-7-9(12)14-4-3-13-6-8(11)5-10;1-2-13-7-8(10)12-6-5-11-4-3-9;2-1(3,4)5;/h10,15H,2-7H2,1H3;3,13H,2,4-7H2,1H3;;/q;;-1;+1. The molecule has 0 fully saturated rings. The molecule has 2 unspecified atom stereocenters. The Morgan fingerprint density at radius 3 is 1.62 bits per heavy atom. The largest absolute Gasteiger partial charge is 1.00 e. The van der Waals surface area contributed by atoms with E-state index in [4.69, 9.17) is 37.8 Å². The van der Waals surface area contributed by atoms with Crippen molar-refractivity contribution in [3.8, 4) is 0 Å². The molecule has 0 rings (SSSR count). The Bertz CT molecular complexity index is 504. The molecule has 0 aromatic heterocycles. The number of aliphatic hydroxyl groups excluding tert-OH is 1. The van der Waals surface area contributed by atoms with E-state index in [0.717, 1.165) is 12.3 Å². The number of esters is 2. The topological polar surface area (TPSA) is 218 Å². The molecule has 0 saturated heterocycles. The van der Waals surface area contributed by atoms with Crippen LogP contribution >= 0.6 is 17.2 Å². The van der Waals surface area contributed by atoms with Crippen molar-refractivity contribution in [3.05, 3.63) is 0 Å². The molecule has 0 spiro atoms. The number of aliphatic hydroxyl groups is 1. The maximum absolute atomic E-state index is 11.0. The summed E-state index contributed by atoms with van der Waals surface area (Å²) >= 11 is -5.94. The second-order valence-corrected chi connectivity index (χ2v) is 10.6. The average Bonchev–Trinajstić information content (AvgIpc) is 2.75. The molecule has 13 nitrogen and oxygen atoms in total. The predicted molar refractivity (Wildman–Crippen MR) is 109 cm³/mol. The minimum atomic E-state index is -5.94. The molecule has 34 heavy (non-hydrogen) atoms. The van der Waals surface area contributed by atoms with Crippen LogP contribution in [-0.2, 0) is 38.1 Å². The Labute approximate surface area is 231 Å². The normalized spacial score (nSPS) is 10.6. The number of hydrogen-bond acceptors (Lipinski definition) is 13. The molecule has 0 amide bonds. The van der Waals surface area contributed by atoms with E-state index in [1.807, 2.05) is 13.8 Å². The molecule has 0 heterocycles. The minimum absolute atomic E-state index is 0. The molecule has 0 aromatic rings. The van der Waals surface area contributed by atoms with Crippen molar-refractivity contribution in [3.63, 3.8) is 0 Å². The van der Waals surface area contributed by atoms with Crippen LogP contribution in [0.4, 0.5) is 0 Å². The van der Waals surface area contributed by atoms with Gasteiger partial charge in [-0.15, -0.1) is 17.2 Å². The van der Waals surface area contributed by atoms with Gasteiger partial charge in [-0.2, -0.15) is 0 Å². The van der Waals surface area contributed by atoms with Crippen LogP contribution in [0.2, 0.25) is 0 Å². The summed E-state index contributed by atoms with van der Waals surface area (Å²) in [6, 6.07) is 0. The number of ketones is 1. The SMILES string of the molecule is CCPCC(=O)OCCOCC(=O)CO.CCPCC(=O)OCCOCC=O.[Na+].[O-][I+3]([O-])([O-])[O-]. The number of Topliss-reactive ketones (excluding diaryl/α,β-unsaturated/α-hetero) is 1. The first kappa shape index (κ1) is 41.7. The zero-order valence-electron chi connectivity index (χ0n) is 19.6. The molecule has 0 aromatic carbocycles. The van der Waals surface area contributed by atoms with Gasteiger partial charge in [-0.1, -0.05) is 13.8 Å². The maximum Gasteiger partial charge on any atom is 1.00 e. The summed E-state index contributed by atoms with van der Waals surface area (Å²) < 4.78 is 53.8. The average molecular weight is 656 g/mol. The van der Waals surface area contributed by atoms with E-state index in [1.165, 1.54) is 0 Å². The summed E-state index contributed by atoms with van der Waals surface area (Å²) in [7, 11) is 1.24. The van der Waals surface area contributed by atoms with Gasteiger partial charge in [0, 0.05) is 0 Å². The van der Waals surface area contributed by atoms with E-state index in [2.05, 4.69) is 0 Å². The van der Waals surface area contributed by atoms with E-state index in [1.54, 1.807) is 0 Å². The Morgan fingerprint density at radius 1 is 0.853 bits per heavy atom. The van der Waals surface area contributed by atoms with Crippen LogP contribution in [0.3, 0.4) is 0 Å². The zero-order chi connectivity index (χ0) is 26.0. The third-order valence-electron chi connectivity index (χ3n) is 2.65. The molecule has 1 N–H and O–H groups in total. The summed E-state index contributed by atoms with van der Waals surface area (Å²) in [6.07, 6.45) is 3.60. The summed E-state index contributed by atoms with van der Waals surface area (Å²) in [5.74, 6) is -0.795. The van der Waals surface area contributed by atoms with Crippen LogP contribution in [0.1, 0.15) is 13.8 Å². The van der Waals surface area contributed by atoms with E-state index >= 15 is 0 Å². The molecular formula is C17H32INaO13P2. The Kier molecular flexibility index (Phi) is 38.8. The van der Waals surface area contributed by atoms with Gasteiger partial charge in [-0.05, 0) is 12.3 Å². The quantitative estimate of drug-likeness (QED) is 0.0385. The van der Waals surface area contributed by atoms with Gasteiger partial charge in [0.25, 0.3) is 0 Å². The fourth-order valence-electron chi connectivity index (χ4n) is 1.35. The van der Waals surface area contributed by atoms with Gasteiger partial charge in [0.15, 0.2) is 5.78 Å². The van der Waals surface area contributed by atoms with E-state index in [-0.39, 0.29) is 80.3 Å².